The fraction of sp³-hybridized carbons (Fsp3) is 0.200. The van der Waals surface area contributed by atoms with Gasteiger partial charge >= 0.3 is 285 Å². The maximum Gasteiger partial charge on any atom is -1.00 e. The zero-order valence-corrected chi connectivity index (χ0v) is 36.6. The first-order valence-electron chi connectivity index (χ1n) is 16.3. The summed E-state index contributed by atoms with van der Waals surface area (Å²) in [5, 5.41) is 0. The molecule has 4 aliphatic rings. The van der Waals surface area contributed by atoms with Gasteiger partial charge in [0.15, 0.2) is 0 Å². The molecule has 232 valence electrons. The molecule has 0 fully saturated rings. The molecule has 0 spiro atoms. The minimum absolute atomic E-state index is 0. The van der Waals surface area contributed by atoms with Crippen LogP contribution in [0.25, 0.3) is 24.3 Å². The smallest absolute Gasteiger partial charge is 1.00 e. The number of rotatable bonds is 6. The van der Waals surface area contributed by atoms with Gasteiger partial charge in [-0.25, -0.2) is 0 Å². The quantitative estimate of drug-likeness (QED) is 0.255. The molecule has 6 heteroatoms. The van der Waals surface area contributed by atoms with Gasteiger partial charge in [0.1, 0.15) is 0 Å². The SMILES string of the molecule is C[SiH](C)[Zr+]([CH]1C=Cc2ccccc21)[CH]1C=Cc2ccccc21.C[SiH](C)[Zr+]([CH]1C=Cc2ccccc21)[CH]1C=Cc2ccccc21.[Br-].[Cl-]. The van der Waals surface area contributed by atoms with Gasteiger partial charge in [0.2, 0.25) is 0 Å². The Morgan fingerprint density at radius 2 is 0.609 bits per heavy atom. The van der Waals surface area contributed by atoms with Crippen molar-refractivity contribution in [1.82, 2.24) is 0 Å². The molecule has 0 aliphatic heterocycles. The summed E-state index contributed by atoms with van der Waals surface area (Å²) in [7, 11) is 0. The fourth-order valence-electron chi connectivity index (χ4n) is 7.98. The van der Waals surface area contributed by atoms with E-state index >= 15 is 0 Å². The summed E-state index contributed by atoms with van der Waals surface area (Å²) in [5.74, 6) is -1.23. The molecule has 0 saturated heterocycles. The number of hydrogen-bond acceptors (Lipinski definition) is 0. The van der Waals surface area contributed by atoms with Crippen LogP contribution in [0.2, 0.25) is 26.2 Å². The number of allylic oxidation sites excluding steroid dienone is 4. The van der Waals surface area contributed by atoms with E-state index in [1.807, 2.05) is 0 Å². The summed E-state index contributed by atoms with van der Waals surface area (Å²) < 4.78 is 3.13. The summed E-state index contributed by atoms with van der Waals surface area (Å²) in [6.07, 6.45) is 19.7. The van der Waals surface area contributed by atoms with E-state index in [1.54, 1.807) is 22.3 Å². The Morgan fingerprint density at radius 1 is 0.391 bits per heavy atom. The average molecular weight is 877 g/mol. The van der Waals surface area contributed by atoms with Crippen LogP contribution < -0.4 is 29.4 Å². The van der Waals surface area contributed by atoms with Gasteiger partial charge in [-0.15, -0.1) is 0 Å². The second kappa shape index (κ2) is 16.0. The van der Waals surface area contributed by atoms with Gasteiger partial charge in [-0.3, -0.25) is 0 Å². The third-order valence-electron chi connectivity index (χ3n) is 9.97. The molecule has 0 saturated carbocycles. The molecule has 0 bridgehead atoms. The van der Waals surface area contributed by atoms with Crippen molar-refractivity contribution in [1.29, 1.82) is 0 Å². The molecule has 0 radical (unpaired) electrons. The summed E-state index contributed by atoms with van der Waals surface area (Å²) in [5.41, 5.74) is 12.4. The van der Waals surface area contributed by atoms with Gasteiger partial charge in [-0.05, 0) is 0 Å². The first kappa shape index (κ1) is 36.1. The minimum Gasteiger partial charge on any atom is -1.00 e. The molecule has 8 rings (SSSR count). The summed E-state index contributed by atoms with van der Waals surface area (Å²) >= 11 is -3.23. The number of fused-ring (bicyclic) bond motifs is 4. The summed E-state index contributed by atoms with van der Waals surface area (Å²) in [6.45, 7) is 10.4. The predicted molar refractivity (Wildman–Crippen MR) is 191 cm³/mol. The van der Waals surface area contributed by atoms with Crippen molar-refractivity contribution in [3.05, 3.63) is 166 Å². The molecule has 4 atom stereocenters. The molecule has 0 aromatic heterocycles. The van der Waals surface area contributed by atoms with Gasteiger partial charge < -0.3 is 29.4 Å². The molecule has 4 unspecified atom stereocenters. The van der Waals surface area contributed by atoms with Crippen LogP contribution in [0.5, 0.6) is 0 Å². The average Bonchev–Trinajstić information content (AvgIpc) is 3.84. The summed E-state index contributed by atoms with van der Waals surface area (Å²) in [6, 6.07) is 36.2. The van der Waals surface area contributed by atoms with Crippen LogP contribution in [0.4, 0.5) is 0 Å². The van der Waals surface area contributed by atoms with Crippen LogP contribution in [0.3, 0.4) is 0 Å². The van der Waals surface area contributed by atoms with E-state index in [1.165, 1.54) is 22.3 Å². The van der Waals surface area contributed by atoms with E-state index < -0.39 is 53.7 Å². The van der Waals surface area contributed by atoms with Crippen molar-refractivity contribution in [3.8, 4) is 0 Å². The van der Waals surface area contributed by atoms with Crippen molar-refractivity contribution >= 4 is 36.2 Å². The van der Waals surface area contributed by atoms with Crippen molar-refractivity contribution in [2.24, 2.45) is 0 Å². The van der Waals surface area contributed by atoms with Crippen molar-refractivity contribution in [2.75, 3.05) is 0 Å². The first-order valence-corrected chi connectivity index (χ1v) is 36.3. The van der Waals surface area contributed by atoms with Crippen LogP contribution in [0.15, 0.2) is 121 Å². The van der Waals surface area contributed by atoms with Crippen molar-refractivity contribution in [3.63, 3.8) is 0 Å². The number of hydrogen-bond donors (Lipinski definition) is 0. The van der Waals surface area contributed by atoms with Crippen LogP contribution in [0.1, 0.15) is 59.0 Å². The van der Waals surface area contributed by atoms with Gasteiger partial charge in [-0.2, -0.15) is 0 Å². The monoisotopic (exact) mass is 872 g/mol. The topological polar surface area (TPSA) is 0 Å². The van der Waals surface area contributed by atoms with E-state index in [0.29, 0.717) is 0 Å². The Kier molecular flexibility index (Phi) is 12.6. The van der Waals surface area contributed by atoms with E-state index in [9.17, 15) is 0 Å². The Hall–Kier alpha value is -1.19. The van der Waals surface area contributed by atoms with Gasteiger partial charge in [-0.1, -0.05) is 0 Å². The van der Waals surface area contributed by atoms with E-state index in [-0.39, 0.29) is 29.4 Å². The standard InChI is InChI=1S/4C9H7.2C2H7Si.BrH.ClH.2Zr/c4*1-2-5-9-7-3-6-8(9)4-1;2*1-3-2;;;;/h4*1-7H;2*3H,1-2H3;2*1H;;/q;;;;;;;;2*+1/p-2. The third kappa shape index (κ3) is 7.08. The van der Waals surface area contributed by atoms with Gasteiger partial charge in [0, 0.05) is 0 Å². The molecule has 4 aromatic rings. The Labute approximate surface area is 310 Å². The molecule has 0 N–H and O–H groups in total. The maximum atomic E-state index is 2.60. The summed E-state index contributed by atoms with van der Waals surface area (Å²) in [4.78, 5) is 0. The van der Waals surface area contributed by atoms with Crippen LogP contribution in [0, 0.1) is 0 Å². The van der Waals surface area contributed by atoms with Crippen LogP contribution in [-0.2, 0) is 41.8 Å². The first-order chi connectivity index (χ1) is 21.5. The third-order valence-corrected chi connectivity index (χ3v) is 52.8. The largest absolute Gasteiger partial charge is 1.00 e. The molecule has 0 amide bonds. The predicted octanol–water partition coefficient (Wildman–Crippen LogP) is 4.26. The normalized spacial score (nSPS) is 20.3. The zero-order valence-electron chi connectivity index (χ0n) is 27.1. The molecule has 4 aromatic carbocycles. The minimum atomic E-state index is -1.62. The van der Waals surface area contributed by atoms with E-state index in [4.69, 9.17) is 0 Å². The van der Waals surface area contributed by atoms with Gasteiger partial charge in [0.25, 0.3) is 0 Å². The van der Waals surface area contributed by atoms with Crippen molar-refractivity contribution < 1.29 is 71.2 Å². The van der Waals surface area contributed by atoms with Crippen molar-refractivity contribution in [2.45, 2.75) is 40.7 Å². The second-order valence-electron chi connectivity index (χ2n) is 13.2. The Morgan fingerprint density at radius 3 is 0.826 bits per heavy atom. The molecular weight excluding hydrogens is 834 g/mol. The zero-order chi connectivity index (χ0) is 30.2. The van der Waals surface area contributed by atoms with Gasteiger partial charge in [0.05, 0.1) is 0 Å². The molecule has 0 nitrogen and oxygen atoms in total. The maximum absolute atomic E-state index is 2.60. The molecular formula is C40H42BrClSi2Zr2. The molecule has 46 heavy (non-hydrogen) atoms. The number of benzene rings is 4. The Bertz CT molecular complexity index is 1540. The van der Waals surface area contributed by atoms with Crippen LogP contribution >= 0.6 is 0 Å². The fourth-order valence-corrected chi connectivity index (χ4v) is 50.1. The van der Waals surface area contributed by atoms with E-state index in [2.05, 4.69) is 172 Å². The Balaban J connectivity index is 0.000000174. The number of halogens is 2. The molecule has 0 heterocycles. The second-order valence-corrected chi connectivity index (χ2v) is 53.7. The van der Waals surface area contributed by atoms with Crippen LogP contribution in [-0.4, -0.2) is 11.8 Å². The van der Waals surface area contributed by atoms with E-state index in [0.717, 1.165) is 14.5 Å². The molecule has 4 aliphatic carbocycles.